The van der Waals surface area contributed by atoms with E-state index in [1.54, 1.807) is 11.3 Å². The summed E-state index contributed by atoms with van der Waals surface area (Å²) < 4.78 is 0. The first kappa shape index (κ1) is 14.8. The summed E-state index contributed by atoms with van der Waals surface area (Å²) in [6.07, 6.45) is 1.24. The molecule has 1 aliphatic rings. The van der Waals surface area contributed by atoms with Crippen molar-refractivity contribution in [1.82, 2.24) is 0 Å². The molecule has 4 nitrogen and oxygen atoms in total. The molecule has 1 unspecified atom stereocenters. The summed E-state index contributed by atoms with van der Waals surface area (Å²) in [5.74, 6) is -0.0676. The number of nitriles is 1. The van der Waals surface area contributed by atoms with Crippen molar-refractivity contribution in [3.63, 3.8) is 0 Å². The highest BCUT2D eigenvalue weighted by molar-refractivity contribution is 7.16. The van der Waals surface area contributed by atoms with Crippen LogP contribution in [0.4, 0.5) is 5.00 Å². The van der Waals surface area contributed by atoms with Gasteiger partial charge in [0, 0.05) is 6.42 Å². The quantitative estimate of drug-likeness (QED) is 0.899. The second kappa shape index (κ2) is 6.30. The lowest BCUT2D eigenvalue weighted by molar-refractivity contribution is -0.895. The summed E-state index contributed by atoms with van der Waals surface area (Å²) in [6, 6.07) is 11.9. The Hall–Kier alpha value is -2.16. The van der Waals surface area contributed by atoms with Crippen molar-refractivity contribution in [2.24, 2.45) is 0 Å². The van der Waals surface area contributed by atoms with E-state index in [2.05, 4.69) is 18.4 Å². The molecule has 0 radical (unpaired) electrons. The van der Waals surface area contributed by atoms with E-state index in [0.717, 1.165) is 30.6 Å². The van der Waals surface area contributed by atoms with E-state index in [0.29, 0.717) is 17.0 Å². The van der Waals surface area contributed by atoms with Crippen LogP contribution in [0.15, 0.2) is 30.3 Å². The largest absolute Gasteiger partial charge is 0.333 e. The Morgan fingerprint density at radius 2 is 2.18 bits per heavy atom. The molecule has 2 N–H and O–H groups in total. The average Bonchev–Trinajstić information content (AvgIpc) is 2.84. The molecule has 22 heavy (non-hydrogen) atoms. The van der Waals surface area contributed by atoms with E-state index >= 15 is 0 Å². The molecule has 1 atom stereocenters. The van der Waals surface area contributed by atoms with Gasteiger partial charge in [0.1, 0.15) is 17.6 Å². The van der Waals surface area contributed by atoms with E-state index in [9.17, 15) is 10.1 Å². The first-order chi connectivity index (χ1) is 10.7. The summed E-state index contributed by atoms with van der Waals surface area (Å²) >= 11 is 1.55. The molecule has 1 aliphatic heterocycles. The molecule has 0 bridgehead atoms. The van der Waals surface area contributed by atoms with Crippen molar-refractivity contribution in [2.45, 2.75) is 19.4 Å². The van der Waals surface area contributed by atoms with Gasteiger partial charge in [-0.2, -0.15) is 5.26 Å². The molecular weight excluding hydrogens is 294 g/mol. The van der Waals surface area contributed by atoms with Crippen LogP contribution in [0, 0.1) is 11.3 Å². The number of hydrogen-bond acceptors (Lipinski definition) is 3. The molecule has 0 saturated carbocycles. The summed E-state index contributed by atoms with van der Waals surface area (Å²) in [7, 11) is 2.16. The van der Waals surface area contributed by atoms with Gasteiger partial charge in [-0.05, 0) is 11.1 Å². The smallest absolute Gasteiger partial charge is 0.229 e. The number of anilines is 1. The number of fused-ring (bicyclic) bond motifs is 1. The maximum absolute atomic E-state index is 12.2. The van der Waals surface area contributed by atoms with Crippen molar-refractivity contribution in [2.75, 3.05) is 18.9 Å². The minimum Gasteiger partial charge on any atom is -0.333 e. The van der Waals surface area contributed by atoms with Gasteiger partial charge in [-0.3, -0.25) is 4.79 Å². The number of benzene rings is 1. The van der Waals surface area contributed by atoms with Gasteiger partial charge in [0.25, 0.3) is 0 Å². The van der Waals surface area contributed by atoms with Gasteiger partial charge in [0.05, 0.1) is 30.5 Å². The van der Waals surface area contributed by atoms with Crippen LogP contribution in [0.3, 0.4) is 0 Å². The second-order valence-electron chi connectivity index (χ2n) is 5.66. The zero-order valence-corrected chi connectivity index (χ0v) is 13.3. The van der Waals surface area contributed by atoms with Gasteiger partial charge in [0.15, 0.2) is 0 Å². The van der Waals surface area contributed by atoms with Crippen LogP contribution in [0.1, 0.15) is 21.6 Å². The van der Waals surface area contributed by atoms with Gasteiger partial charge >= 0.3 is 0 Å². The Kier molecular flexibility index (Phi) is 4.23. The number of thiophene rings is 1. The topological polar surface area (TPSA) is 57.3 Å². The fraction of sp³-hybridized carbons (Fsp3) is 0.294. The number of carbonyl (C=O) groups excluding carboxylic acids is 1. The Bertz CT molecular complexity index is 730. The third kappa shape index (κ3) is 3.03. The first-order valence-electron chi connectivity index (χ1n) is 7.37. The highest BCUT2D eigenvalue weighted by atomic mass is 32.1. The Labute approximate surface area is 134 Å². The third-order valence-electron chi connectivity index (χ3n) is 3.93. The maximum atomic E-state index is 12.2. The minimum absolute atomic E-state index is 0.0676. The number of nitrogens with one attached hydrogen (secondary N) is 2. The number of likely N-dealkylation sites (N-methyl/N-ethyl adjacent to an activating group) is 1. The number of amides is 1. The van der Waals surface area contributed by atoms with E-state index in [1.165, 1.54) is 9.78 Å². The maximum Gasteiger partial charge on any atom is 0.229 e. The van der Waals surface area contributed by atoms with Crippen molar-refractivity contribution < 1.29 is 9.69 Å². The van der Waals surface area contributed by atoms with Gasteiger partial charge in [-0.25, -0.2) is 0 Å². The van der Waals surface area contributed by atoms with E-state index < -0.39 is 0 Å². The lowest BCUT2D eigenvalue weighted by Gasteiger charge is -2.18. The summed E-state index contributed by atoms with van der Waals surface area (Å²) in [4.78, 5) is 14.9. The fourth-order valence-electron chi connectivity index (χ4n) is 2.78. The van der Waals surface area contributed by atoms with Crippen molar-refractivity contribution in [3.8, 4) is 6.07 Å². The number of rotatable bonds is 3. The van der Waals surface area contributed by atoms with E-state index in [-0.39, 0.29) is 5.91 Å². The number of hydrogen-bond donors (Lipinski definition) is 2. The molecule has 5 heteroatoms. The molecule has 0 fully saturated rings. The third-order valence-corrected chi connectivity index (χ3v) is 5.07. The highest BCUT2D eigenvalue weighted by Crippen LogP contribution is 2.34. The van der Waals surface area contributed by atoms with Gasteiger partial charge in [0.2, 0.25) is 5.91 Å². The minimum atomic E-state index is -0.0676. The molecule has 1 amide bonds. The molecule has 0 saturated heterocycles. The van der Waals surface area contributed by atoms with Gasteiger partial charge in [-0.1, -0.05) is 30.3 Å². The average molecular weight is 312 g/mol. The highest BCUT2D eigenvalue weighted by Gasteiger charge is 2.25. The lowest BCUT2D eigenvalue weighted by Crippen LogP contribution is -3.08. The molecule has 2 aromatic rings. The molecule has 0 spiro atoms. The Morgan fingerprint density at radius 3 is 2.91 bits per heavy atom. The van der Waals surface area contributed by atoms with Crippen LogP contribution in [0.25, 0.3) is 0 Å². The molecular formula is C17H18N3OS+. The van der Waals surface area contributed by atoms with Crippen LogP contribution in [0.5, 0.6) is 0 Å². The van der Waals surface area contributed by atoms with Crippen LogP contribution < -0.4 is 10.2 Å². The summed E-state index contributed by atoms with van der Waals surface area (Å²) in [5.41, 5.74) is 2.77. The van der Waals surface area contributed by atoms with E-state index in [4.69, 9.17) is 0 Å². The van der Waals surface area contributed by atoms with E-state index in [1.807, 2.05) is 30.3 Å². The normalized spacial score (nSPS) is 16.6. The summed E-state index contributed by atoms with van der Waals surface area (Å²) in [6.45, 7) is 1.97. The van der Waals surface area contributed by atoms with Crippen molar-refractivity contribution in [1.29, 1.82) is 5.26 Å². The fourth-order valence-corrected chi connectivity index (χ4v) is 4.11. The second-order valence-corrected chi connectivity index (χ2v) is 6.77. The van der Waals surface area contributed by atoms with Crippen molar-refractivity contribution in [3.05, 3.63) is 51.9 Å². The number of nitrogens with zero attached hydrogens (tertiary/aromatic N) is 1. The monoisotopic (exact) mass is 312 g/mol. The Balaban J connectivity index is 1.78. The molecule has 1 aromatic carbocycles. The molecule has 2 heterocycles. The van der Waals surface area contributed by atoms with Gasteiger partial charge < -0.3 is 10.2 Å². The lowest BCUT2D eigenvalue weighted by atomic mass is 10.0. The Morgan fingerprint density at radius 1 is 1.41 bits per heavy atom. The number of quaternary nitrogens is 1. The van der Waals surface area contributed by atoms with Crippen molar-refractivity contribution >= 4 is 22.2 Å². The first-order valence-corrected chi connectivity index (χ1v) is 8.18. The van der Waals surface area contributed by atoms with Crippen LogP contribution in [-0.4, -0.2) is 19.5 Å². The molecule has 0 aliphatic carbocycles. The van der Waals surface area contributed by atoms with Crippen LogP contribution >= 0.6 is 11.3 Å². The van der Waals surface area contributed by atoms with Crippen LogP contribution in [-0.2, 0) is 24.2 Å². The predicted molar refractivity (Wildman–Crippen MR) is 87.0 cm³/mol. The van der Waals surface area contributed by atoms with Gasteiger partial charge in [-0.15, -0.1) is 11.3 Å². The summed E-state index contributed by atoms with van der Waals surface area (Å²) in [5, 5.41) is 13.1. The molecule has 1 aromatic heterocycles. The predicted octanol–water partition coefficient (Wildman–Crippen LogP) is 1.37. The standard InChI is InChI=1S/C17H17N3OS/c1-20-8-7-13-14(10-18)17(22-15(13)11-20)19-16(21)9-12-5-3-2-4-6-12/h2-6H,7-9,11H2,1H3,(H,19,21)/p+1. The zero-order chi connectivity index (χ0) is 15.5. The number of carbonyl (C=O) groups is 1. The van der Waals surface area contributed by atoms with Crippen LogP contribution in [0.2, 0.25) is 0 Å². The molecule has 3 rings (SSSR count). The zero-order valence-electron chi connectivity index (χ0n) is 12.5. The molecule has 112 valence electrons. The SMILES string of the molecule is C[NH+]1CCc2c(sc(NC(=O)Cc3ccccc3)c2C#N)C1.